The molecule has 0 aliphatic heterocycles. The van der Waals surface area contributed by atoms with Gasteiger partial charge in [0.15, 0.2) is 0 Å². The van der Waals surface area contributed by atoms with Gasteiger partial charge in [0.2, 0.25) is 11.2 Å². The van der Waals surface area contributed by atoms with E-state index >= 15 is 0 Å². The number of hydrogen-bond donors (Lipinski definition) is 4. The molecule has 42 heavy (non-hydrogen) atoms. The number of nitrogens with zero attached hydrogens (tertiary/aromatic N) is 5. The number of ether oxygens (including phenoxy) is 1. The SMILES string of the molecule is CNc1c(C(C)=N)nc(Cl)nc1-c1cc(NC(=O)c2ccc(Cl)cn2)nc(NC(=O)C(C)N(C)C(=O)OC(C)(C)C)c1. The first-order chi connectivity index (χ1) is 19.6. The molecule has 0 fully saturated rings. The van der Waals surface area contributed by atoms with Crippen molar-refractivity contribution in [3.05, 3.63) is 52.2 Å². The van der Waals surface area contributed by atoms with Crippen LogP contribution in [0.25, 0.3) is 11.3 Å². The minimum absolute atomic E-state index is 0.0335. The van der Waals surface area contributed by atoms with Gasteiger partial charge >= 0.3 is 6.09 Å². The van der Waals surface area contributed by atoms with Gasteiger partial charge < -0.3 is 26.1 Å². The third kappa shape index (κ3) is 8.10. The van der Waals surface area contributed by atoms with Crippen molar-refractivity contribution in [2.45, 2.75) is 46.3 Å². The molecule has 3 aromatic rings. The van der Waals surface area contributed by atoms with Gasteiger partial charge in [0, 0.05) is 25.9 Å². The molecule has 4 N–H and O–H groups in total. The summed E-state index contributed by atoms with van der Waals surface area (Å²) >= 11 is 12.1. The summed E-state index contributed by atoms with van der Waals surface area (Å²) in [7, 11) is 3.08. The first kappa shape index (κ1) is 32.2. The number of amides is 3. The Labute approximate surface area is 252 Å². The number of halogens is 2. The third-order valence-corrected chi connectivity index (χ3v) is 6.07. The number of carbonyl (C=O) groups excluding carboxylic acids is 3. The summed E-state index contributed by atoms with van der Waals surface area (Å²) in [5.41, 5.74) is 0.783. The van der Waals surface area contributed by atoms with E-state index in [0.717, 1.165) is 4.90 Å². The lowest BCUT2D eigenvalue weighted by molar-refractivity contribution is -0.120. The molecule has 0 aliphatic rings. The Morgan fingerprint density at radius 2 is 1.69 bits per heavy atom. The van der Waals surface area contributed by atoms with Crippen molar-refractivity contribution in [1.82, 2.24) is 24.8 Å². The second-order valence-electron chi connectivity index (χ2n) is 10.1. The maximum absolute atomic E-state index is 13.2. The van der Waals surface area contributed by atoms with Gasteiger partial charge in [0.1, 0.15) is 34.7 Å². The molecule has 3 amide bonds. The van der Waals surface area contributed by atoms with E-state index in [9.17, 15) is 14.4 Å². The Hall–Kier alpha value is -4.36. The van der Waals surface area contributed by atoms with Crippen LogP contribution in [0.1, 0.15) is 50.8 Å². The van der Waals surface area contributed by atoms with Crippen molar-refractivity contribution >= 4 is 64.1 Å². The van der Waals surface area contributed by atoms with E-state index in [-0.39, 0.29) is 39.7 Å². The molecule has 1 unspecified atom stereocenters. The molecule has 0 radical (unpaired) electrons. The summed E-state index contributed by atoms with van der Waals surface area (Å²) in [6.45, 7) is 8.24. The van der Waals surface area contributed by atoms with Crippen LogP contribution in [0.2, 0.25) is 10.3 Å². The molecule has 1 atom stereocenters. The van der Waals surface area contributed by atoms with Gasteiger partial charge in [-0.3, -0.25) is 14.5 Å². The highest BCUT2D eigenvalue weighted by atomic mass is 35.5. The zero-order valence-electron chi connectivity index (χ0n) is 24.1. The quantitative estimate of drug-likeness (QED) is 0.198. The van der Waals surface area contributed by atoms with Gasteiger partial charge in [-0.25, -0.2) is 24.7 Å². The molecule has 0 aromatic carbocycles. The number of anilines is 3. The average Bonchev–Trinajstić information content (AvgIpc) is 2.90. The van der Waals surface area contributed by atoms with E-state index < -0.39 is 29.6 Å². The summed E-state index contributed by atoms with van der Waals surface area (Å²) in [5, 5.41) is 16.7. The topological polar surface area (TPSA) is 175 Å². The Balaban J connectivity index is 2.05. The minimum Gasteiger partial charge on any atom is -0.444 e. The molecule has 3 heterocycles. The smallest absolute Gasteiger partial charge is 0.410 e. The second kappa shape index (κ2) is 13.1. The highest BCUT2D eigenvalue weighted by molar-refractivity contribution is 6.30. The monoisotopic (exact) mass is 615 g/mol. The normalized spacial score (nSPS) is 11.7. The van der Waals surface area contributed by atoms with E-state index in [2.05, 4.69) is 35.9 Å². The second-order valence-corrected chi connectivity index (χ2v) is 10.9. The predicted octanol–water partition coefficient (Wildman–Crippen LogP) is 5.12. The first-order valence-electron chi connectivity index (χ1n) is 12.6. The maximum atomic E-state index is 13.2. The van der Waals surface area contributed by atoms with Gasteiger partial charge in [-0.2, -0.15) is 0 Å². The summed E-state index contributed by atoms with van der Waals surface area (Å²) in [6, 6.07) is 5.04. The molecule has 15 heteroatoms. The predicted molar refractivity (Wildman–Crippen MR) is 162 cm³/mol. The van der Waals surface area contributed by atoms with Crippen molar-refractivity contribution in [3.63, 3.8) is 0 Å². The van der Waals surface area contributed by atoms with E-state index in [1.54, 1.807) is 34.7 Å². The number of carbonyl (C=O) groups is 3. The highest BCUT2D eigenvalue weighted by Crippen LogP contribution is 2.32. The largest absolute Gasteiger partial charge is 0.444 e. The molecule has 3 rings (SSSR count). The summed E-state index contributed by atoms with van der Waals surface area (Å²) < 4.78 is 5.36. The molecule has 0 spiro atoms. The number of likely N-dealkylation sites (N-methyl/N-ethyl adjacent to an activating group) is 1. The van der Waals surface area contributed by atoms with Crippen LogP contribution in [0.15, 0.2) is 30.5 Å². The molecule has 0 aliphatic carbocycles. The van der Waals surface area contributed by atoms with Gasteiger partial charge in [-0.05, 0) is 70.5 Å². The van der Waals surface area contributed by atoms with Crippen molar-refractivity contribution in [2.24, 2.45) is 0 Å². The van der Waals surface area contributed by atoms with Crippen LogP contribution in [0.3, 0.4) is 0 Å². The Morgan fingerprint density at radius 3 is 2.24 bits per heavy atom. The van der Waals surface area contributed by atoms with Gasteiger partial charge in [0.25, 0.3) is 5.91 Å². The lowest BCUT2D eigenvalue weighted by atomic mass is 10.1. The molecule has 13 nitrogen and oxygen atoms in total. The van der Waals surface area contributed by atoms with Crippen LogP contribution in [0.4, 0.5) is 22.1 Å². The number of aromatic nitrogens is 4. The lowest BCUT2D eigenvalue weighted by Crippen LogP contribution is -2.45. The van der Waals surface area contributed by atoms with Crippen LogP contribution in [0, 0.1) is 5.41 Å². The van der Waals surface area contributed by atoms with Gasteiger partial charge in [-0.1, -0.05) is 11.6 Å². The first-order valence-corrected chi connectivity index (χ1v) is 13.4. The fraction of sp³-hybridized carbons (Fsp3) is 0.333. The van der Waals surface area contributed by atoms with Crippen LogP contribution in [-0.4, -0.2) is 74.2 Å². The van der Waals surface area contributed by atoms with Crippen molar-refractivity contribution in [2.75, 3.05) is 30.0 Å². The third-order valence-electron chi connectivity index (χ3n) is 5.68. The average molecular weight is 617 g/mol. The van der Waals surface area contributed by atoms with Crippen molar-refractivity contribution < 1.29 is 19.1 Å². The zero-order valence-corrected chi connectivity index (χ0v) is 25.6. The molecule has 0 saturated carbocycles. The van der Waals surface area contributed by atoms with Gasteiger partial charge in [0.05, 0.1) is 22.1 Å². The molecule has 3 aromatic heterocycles. The Bertz CT molecular complexity index is 1530. The van der Waals surface area contributed by atoms with E-state index in [1.807, 2.05) is 0 Å². The summed E-state index contributed by atoms with van der Waals surface area (Å²) in [6.07, 6.45) is 0.650. The molecular weight excluding hydrogens is 585 g/mol. The molecule has 222 valence electrons. The van der Waals surface area contributed by atoms with E-state index in [4.69, 9.17) is 33.3 Å². The summed E-state index contributed by atoms with van der Waals surface area (Å²) in [5.74, 6) is -1.08. The highest BCUT2D eigenvalue weighted by Gasteiger charge is 2.28. The fourth-order valence-electron chi connectivity index (χ4n) is 3.53. The van der Waals surface area contributed by atoms with Crippen molar-refractivity contribution in [3.8, 4) is 11.3 Å². The van der Waals surface area contributed by atoms with Crippen molar-refractivity contribution in [1.29, 1.82) is 5.41 Å². The van der Waals surface area contributed by atoms with E-state index in [1.165, 1.54) is 44.4 Å². The van der Waals surface area contributed by atoms with Crippen LogP contribution >= 0.6 is 23.2 Å². The van der Waals surface area contributed by atoms with E-state index in [0.29, 0.717) is 16.3 Å². The Kier molecular flexibility index (Phi) is 10.0. The number of rotatable bonds is 8. The van der Waals surface area contributed by atoms with Crippen LogP contribution in [-0.2, 0) is 9.53 Å². The number of pyridine rings is 2. The molecule has 0 bridgehead atoms. The van der Waals surface area contributed by atoms with Crippen LogP contribution < -0.4 is 16.0 Å². The molecule has 0 saturated heterocycles. The van der Waals surface area contributed by atoms with Crippen LogP contribution in [0.5, 0.6) is 0 Å². The standard InChI is InChI=1S/C27H31Cl2N9O4/c1-13(30)20-22(31-6)21(37-25(29)36-20)15-10-18(34-23(39)14(2)38(7)26(41)42-27(3,4)5)33-19(11-15)35-24(40)17-9-8-16(28)12-32-17/h8-12,14,30-31H,1-7H3,(H2,33,34,35,39,40). The zero-order chi connectivity index (χ0) is 31.4. The summed E-state index contributed by atoms with van der Waals surface area (Å²) in [4.78, 5) is 56.6. The Morgan fingerprint density at radius 1 is 1.05 bits per heavy atom. The minimum atomic E-state index is -0.949. The van der Waals surface area contributed by atoms with Gasteiger partial charge in [-0.15, -0.1) is 0 Å². The lowest BCUT2D eigenvalue weighted by Gasteiger charge is -2.28. The molecular formula is C27H31Cl2N9O4. The number of hydrogen-bond acceptors (Lipinski definition) is 10. The maximum Gasteiger partial charge on any atom is 0.410 e. The fourth-order valence-corrected chi connectivity index (χ4v) is 3.82. The number of nitrogens with one attached hydrogen (secondary N) is 4.